The van der Waals surface area contributed by atoms with Crippen LogP contribution in [-0.2, 0) is 6.54 Å². The first kappa shape index (κ1) is 12.3. The van der Waals surface area contributed by atoms with E-state index in [1.54, 1.807) is 12.1 Å². The van der Waals surface area contributed by atoms with Gasteiger partial charge in [0, 0.05) is 18.9 Å². The highest BCUT2D eigenvalue weighted by atomic mass is 16.4. The first-order valence-electron chi connectivity index (χ1n) is 6.24. The first-order valence-corrected chi connectivity index (χ1v) is 6.24. The fraction of sp³-hybridized carbons (Fsp3) is 0.133. The number of fused-ring (bicyclic) bond motifs is 1. The van der Waals surface area contributed by atoms with Crippen LogP contribution in [0.5, 0.6) is 0 Å². The molecular weight excluding hydrogens is 254 g/mol. The number of hydrogen-bond acceptors (Lipinski definition) is 3. The molecular formula is C15H13N3O2. The molecule has 0 fully saturated rings. The van der Waals surface area contributed by atoms with Crippen LogP contribution in [0, 0.1) is 6.92 Å². The summed E-state index contributed by atoms with van der Waals surface area (Å²) in [7, 11) is 0. The summed E-state index contributed by atoms with van der Waals surface area (Å²) in [5.41, 5.74) is 3.09. The van der Waals surface area contributed by atoms with E-state index in [2.05, 4.69) is 9.97 Å². The molecule has 1 aromatic carbocycles. The van der Waals surface area contributed by atoms with Crippen molar-refractivity contribution in [1.82, 2.24) is 14.5 Å². The first-order chi connectivity index (χ1) is 9.61. The maximum atomic E-state index is 10.8. The second-order valence-electron chi connectivity index (χ2n) is 4.66. The zero-order valence-corrected chi connectivity index (χ0v) is 10.9. The Balaban J connectivity index is 1.85. The SMILES string of the molecule is Cc1nc2ccn(Cc3ccc(C(=O)O)cc3)cc-2n1. The second-order valence-corrected chi connectivity index (χ2v) is 4.66. The lowest BCUT2D eigenvalue weighted by Crippen LogP contribution is -2.02. The highest BCUT2D eigenvalue weighted by Crippen LogP contribution is 2.18. The summed E-state index contributed by atoms with van der Waals surface area (Å²) in [5.74, 6) is -0.142. The van der Waals surface area contributed by atoms with Crippen molar-refractivity contribution in [1.29, 1.82) is 0 Å². The summed E-state index contributed by atoms with van der Waals surface area (Å²) in [4.78, 5) is 19.4. The lowest BCUT2D eigenvalue weighted by Gasteiger charge is -2.08. The predicted molar refractivity (Wildman–Crippen MR) is 73.9 cm³/mol. The minimum atomic E-state index is -0.909. The molecule has 0 amide bonds. The third kappa shape index (κ3) is 2.38. The van der Waals surface area contributed by atoms with Crippen molar-refractivity contribution in [3.8, 4) is 11.4 Å². The molecule has 0 bridgehead atoms. The maximum absolute atomic E-state index is 10.8. The number of carboxylic acid groups (broad SMARTS) is 1. The number of aryl methyl sites for hydroxylation is 1. The van der Waals surface area contributed by atoms with E-state index < -0.39 is 5.97 Å². The molecule has 0 spiro atoms. The van der Waals surface area contributed by atoms with Crippen molar-refractivity contribution in [2.24, 2.45) is 0 Å². The molecule has 0 unspecified atom stereocenters. The minimum absolute atomic E-state index is 0.298. The number of carbonyl (C=O) groups is 1. The number of nitrogens with zero attached hydrogens (tertiary/aromatic N) is 3. The van der Waals surface area contributed by atoms with Gasteiger partial charge in [-0.2, -0.15) is 0 Å². The van der Waals surface area contributed by atoms with Gasteiger partial charge < -0.3 is 9.67 Å². The van der Waals surface area contributed by atoms with Crippen molar-refractivity contribution >= 4 is 5.97 Å². The standard InChI is InChI=1S/C15H13N3O2/c1-10-16-13-6-7-18(9-14(13)17-10)8-11-2-4-12(5-3-11)15(19)20/h2-7,9H,8H2,1H3,(H,19,20). The van der Waals surface area contributed by atoms with E-state index in [1.807, 2.05) is 42.1 Å². The highest BCUT2D eigenvalue weighted by Gasteiger charge is 2.08. The van der Waals surface area contributed by atoms with Gasteiger partial charge in [-0.3, -0.25) is 0 Å². The van der Waals surface area contributed by atoms with E-state index in [1.165, 1.54) is 0 Å². The zero-order valence-electron chi connectivity index (χ0n) is 10.9. The van der Waals surface area contributed by atoms with Crippen LogP contribution in [0.4, 0.5) is 0 Å². The Morgan fingerprint density at radius 3 is 2.55 bits per heavy atom. The smallest absolute Gasteiger partial charge is 0.335 e. The number of aromatic carboxylic acids is 1. The van der Waals surface area contributed by atoms with E-state index >= 15 is 0 Å². The molecule has 0 saturated heterocycles. The summed E-state index contributed by atoms with van der Waals surface area (Å²) < 4.78 is 2.01. The molecule has 0 aliphatic carbocycles. The molecule has 0 saturated carbocycles. The predicted octanol–water partition coefficient (Wildman–Crippen LogP) is 2.44. The highest BCUT2D eigenvalue weighted by molar-refractivity contribution is 5.87. The van der Waals surface area contributed by atoms with Crippen LogP contribution in [-0.4, -0.2) is 25.6 Å². The number of benzene rings is 1. The van der Waals surface area contributed by atoms with Gasteiger partial charge in [0.25, 0.3) is 0 Å². The molecule has 0 atom stereocenters. The van der Waals surface area contributed by atoms with Crippen LogP contribution in [0.1, 0.15) is 21.7 Å². The molecule has 0 aromatic heterocycles. The Bertz CT molecular complexity index is 731. The van der Waals surface area contributed by atoms with Crippen LogP contribution in [0.3, 0.4) is 0 Å². The largest absolute Gasteiger partial charge is 0.478 e. The van der Waals surface area contributed by atoms with Gasteiger partial charge in [-0.15, -0.1) is 0 Å². The Hall–Kier alpha value is -2.69. The van der Waals surface area contributed by atoms with Gasteiger partial charge in [0.1, 0.15) is 11.5 Å². The third-order valence-electron chi connectivity index (χ3n) is 3.10. The summed E-state index contributed by atoms with van der Waals surface area (Å²) >= 11 is 0. The van der Waals surface area contributed by atoms with E-state index in [0.717, 1.165) is 22.8 Å². The molecule has 5 heteroatoms. The number of imidazole rings is 1. The minimum Gasteiger partial charge on any atom is -0.478 e. The van der Waals surface area contributed by atoms with Crippen LogP contribution >= 0.6 is 0 Å². The van der Waals surface area contributed by atoms with E-state index in [9.17, 15) is 4.79 Å². The second kappa shape index (κ2) is 4.77. The summed E-state index contributed by atoms with van der Waals surface area (Å²) in [6.45, 7) is 2.54. The lowest BCUT2D eigenvalue weighted by molar-refractivity contribution is 0.0697. The number of aromatic nitrogens is 3. The van der Waals surface area contributed by atoms with Crippen molar-refractivity contribution in [2.45, 2.75) is 13.5 Å². The van der Waals surface area contributed by atoms with Crippen LogP contribution in [0.2, 0.25) is 0 Å². The molecule has 2 aliphatic heterocycles. The third-order valence-corrected chi connectivity index (χ3v) is 3.10. The maximum Gasteiger partial charge on any atom is 0.335 e. The molecule has 2 heterocycles. The van der Waals surface area contributed by atoms with Crippen molar-refractivity contribution in [2.75, 3.05) is 0 Å². The molecule has 5 nitrogen and oxygen atoms in total. The van der Waals surface area contributed by atoms with E-state index in [4.69, 9.17) is 5.11 Å². The monoisotopic (exact) mass is 267 g/mol. The van der Waals surface area contributed by atoms with E-state index in [0.29, 0.717) is 12.1 Å². The van der Waals surface area contributed by atoms with Crippen LogP contribution < -0.4 is 0 Å². The van der Waals surface area contributed by atoms with Crippen molar-refractivity contribution < 1.29 is 9.90 Å². The number of rotatable bonds is 3. The summed E-state index contributed by atoms with van der Waals surface area (Å²) in [6, 6.07) is 8.80. The van der Waals surface area contributed by atoms with E-state index in [-0.39, 0.29) is 0 Å². The number of carboxylic acids is 1. The van der Waals surface area contributed by atoms with Crippen LogP contribution in [0.15, 0.2) is 42.7 Å². The fourth-order valence-electron chi connectivity index (χ4n) is 2.13. The zero-order chi connectivity index (χ0) is 14.1. The average molecular weight is 267 g/mol. The average Bonchev–Trinajstić information content (AvgIpc) is 2.78. The molecule has 100 valence electrons. The quantitative estimate of drug-likeness (QED) is 0.791. The molecule has 3 rings (SSSR count). The van der Waals surface area contributed by atoms with Gasteiger partial charge in [-0.25, -0.2) is 14.8 Å². The summed E-state index contributed by atoms with van der Waals surface area (Å²) in [5, 5.41) is 8.87. The van der Waals surface area contributed by atoms with Gasteiger partial charge in [-0.05, 0) is 30.7 Å². The van der Waals surface area contributed by atoms with Gasteiger partial charge in [-0.1, -0.05) is 12.1 Å². The van der Waals surface area contributed by atoms with Crippen molar-refractivity contribution in [3.05, 3.63) is 59.7 Å². The lowest BCUT2D eigenvalue weighted by atomic mass is 10.1. The topological polar surface area (TPSA) is 68.0 Å². The fourth-order valence-corrected chi connectivity index (χ4v) is 2.13. The Morgan fingerprint density at radius 2 is 1.85 bits per heavy atom. The normalized spacial score (nSPS) is 10.8. The molecule has 0 radical (unpaired) electrons. The Labute approximate surface area is 115 Å². The van der Waals surface area contributed by atoms with Gasteiger partial charge in [0.05, 0.1) is 11.3 Å². The van der Waals surface area contributed by atoms with Gasteiger partial charge in [0.15, 0.2) is 0 Å². The Kier molecular flexibility index (Phi) is 2.95. The van der Waals surface area contributed by atoms with Gasteiger partial charge >= 0.3 is 5.97 Å². The molecule has 2 aliphatic rings. The molecule has 20 heavy (non-hydrogen) atoms. The number of pyridine rings is 1. The number of hydrogen-bond donors (Lipinski definition) is 1. The molecule has 1 N–H and O–H groups in total. The Morgan fingerprint density at radius 1 is 1.15 bits per heavy atom. The van der Waals surface area contributed by atoms with Crippen LogP contribution in [0.25, 0.3) is 11.4 Å². The van der Waals surface area contributed by atoms with Crippen molar-refractivity contribution in [3.63, 3.8) is 0 Å². The summed E-state index contributed by atoms with van der Waals surface area (Å²) in [6.07, 6.45) is 3.89. The van der Waals surface area contributed by atoms with Gasteiger partial charge in [0.2, 0.25) is 0 Å². The molecule has 1 aromatic rings.